The quantitative estimate of drug-likeness (QED) is 0.560. The summed E-state index contributed by atoms with van der Waals surface area (Å²) < 4.78 is 18.2. The van der Waals surface area contributed by atoms with Crippen molar-refractivity contribution in [3.05, 3.63) is 41.7 Å². The predicted octanol–water partition coefficient (Wildman–Crippen LogP) is 2.57. The number of esters is 1. The highest BCUT2D eigenvalue weighted by Crippen LogP contribution is 2.09. The molecule has 0 aromatic heterocycles. The Labute approximate surface area is 149 Å². The Hall–Kier alpha value is -2.21. The first-order chi connectivity index (χ1) is 11.6. The van der Waals surface area contributed by atoms with E-state index >= 15 is 0 Å². The van der Waals surface area contributed by atoms with Gasteiger partial charge in [-0.1, -0.05) is 12.1 Å². The highest BCUT2D eigenvalue weighted by atomic mass is 19.1. The third-order valence-corrected chi connectivity index (χ3v) is 3.16. The number of carbonyl (C=O) groups excluding carboxylic acids is 2. The van der Waals surface area contributed by atoms with Crippen LogP contribution < -0.4 is 0 Å². The van der Waals surface area contributed by atoms with E-state index in [9.17, 15) is 14.0 Å². The van der Waals surface area contributed by atoms with Gasteiger partial charge >= 0.3 is 5.97 Å². The summed E-state index contributed by atoms with van der Waals surface area (Å²) in [6.45, 7) is 6.26. The van der Waals surface area contributed by atoms with E-state index in [2.05, 4.69) is 0 Å². The van der Waals surface area contributed by atoms with Crippen LogP contribution in [-0.4, -0.2) is 61.0 Å². The van der Waals surface area contributed by atoms with Crippen LogP contribution in [-0.2, 0) is 14.3 Å². The Kier molecular flexibility index (Phi) is 7.77. The number of rotatable bonds is 7. The summed E-state index contributed by atoms with van der Waals surface area (Å²) in [6.07, 6.45) is 2.98. The number of halogens is 1. The second-order valence-electron chi connectivity index (χ2n) is 7.03. The molecule has 5 nitrogen and oxygen atoms in total. The number of benzene rings is 1. The standard InChI is InChI=1S/C19H27FN2O3/c1-19(2,3)25-18(24)14-22(13-12-21(4)5)17(23)11-8-15-6-9-16(20)10-7-15/h6-11H,12-14H2,1-5H3. The Morgan fingerprint density at radius 3 is 2.24 bits per heavy atom. The Balaban J connectivity index is 2.77. The highest BCUT2D eigenvalue weighted by Gasteiger charge is 2.21. The second-order valence-corrected chi connectivity index (χ2v) is 7.03. The lowest BCUT2D eigenvalue weighted by Crippen LogP contribution is -2.41. The minimum atomic E-state index is -0.600. The Morgan fingerprint density at radius 2 is 1.72 bits per heavy atom. The van der Waals surface area contributed by atoms with Crippen LogP contribution >= 0.6 is 0 Å². The SMILES string of the molecule is CN(C)CCN(CC(=O)OC(C)(C)C)C(=O)C=Cc1ccc(F)cc1. The topological polar surface area (TPSA) is 49.9 Å². The molecule has 0 atom stereocenters. The molecule has 0 N–H and O–H groups in total. The molecule has 0 aliphatic rings. The van der Waals surface area contributed by atoms with Crippen LogP contribution in [0.25, 0.3) is 6.08 Å². The first-order valence-corrected chi connectivity index (χ1v) is 8.16. The van der Waals surface area contributed by atoms with Gasteiger partial charge in [0.1, 0.15) is 18.0 Å². The molecule has 0 saturated carbocycles. The van der Waals surface area contributed by atoms with E-state index in [1.165, 1.54) is 23.1 Å². The normalized spacial score (nSPS) is 11.8. The van der Waals surface area contributed by atoms with Gasteiger partial charge < -0.3 is 14.5 Å². The molecule has 0 aliphatic carbocycles. The molecule has 1 aromatic rings. The number of ether oxygens (including phenoxy) is 1. The van der Waals surface area contributed by atoms with Gasteiger partial charge in [-0.3, -0.25) is 9.59 Å². The van der Waals surface area contributed by atoms with Crippen molar-refractivity contribution in [3.8, 4) is 0 Å². The number of likely N-dealkylation sites (N-methyl/N-ethyl adjacent to an activating group) is 1. The number of carbonyl (C=O) groups is 2. The molecule has 0 bridgehead atoms. The van der Waals surface area contributed by atoms with Crippen LogP contribution in [0, 0.1) is 5.82 Å². The van der Waals surface area contributed by atoms with Gasteiger partial charge in [0.25, 0.3) is 0 Å². The molecular formula is C19H27FN2O3. The lowest BCUT2D eigenvalue weighted by molar-refractivity contribution is -0.158. The van der Waals surface area contributed by atoms with Gasteiger partial charge in [0.05, 0.1) is 0 Å². The van der Waals surface area contributed by atoms with Crippen molar-refractivity contribution in [1.29, 1.82) is 0 Å². The van der Waals surface area contributed by atoms with Gasteiger partial charge in [-0.05, 0) is 58.6 Å². The zero-order valence-electron chi connectivity index (χ0n) is 15.6. The van der Waals surface area contributed by atoms with E-state index in [0.29, 0.717) is 18.7 Å². The van der Waals surface area contributed by atoms with Gasteiger partial charge in [-0.15, -0.1) is 0 Å². The number of nitrogens with zero attached hydrogens (tertiary/aromatic N) is 2. The van der Waals surface area contributed by atoms with E-state index < -0.39 is 11.6 Å². The van der Waals surface area contributed by atoms with Gasteiger partial charge in [-0.2, -0.15) is 0 Å². The van der Waals surface area contributed by atoms with Crippen LogP contribution in [0.4, 0.5) is 4.39 Å². The summed E-state index contributed by atoms with van der Waals surface area (Å²) in [5.74, 6) is -1.08. The summed E-state index contributed by atoms with van der Waals surface area (Å²) in [4.78, 5) is 27.8. The molecular weight excluding hydrogens is 323 g/mol. The minimum absolute atomic E-state index is 0.113. The summed E-state index contributed by atoms with van der Waals surface area (Å²) in [5, 5.41) is 0. The molecule has 0 radical (unpaired) electrons. The van der Waals surface area contributed by atoms with Gasteiger partial charge in [-0.25, -0.2) is 4.39 Å². The fourth-order valence-electron chi connectivity index (χ4n) is 1.96. The molecule has 0 saturated heterocycles. The van der Waals surface area contributed by atoms with E-state index in [-0.39, 0.29) is 18.3 Å². The number of amides is 1. The molecule has 138 valence electrons. The average Bonchev–Trinajstić information content (AvgIpc) is 2.48. The van der Waals surface area contributed by atoms with Crippen molar-refractivity contribution < 1.29 is 18.7 Å². The molecule has 1 aromatic carbocycles. The lowest BCUT2D eigenvalue weighted by atomic mass is 10.2. The summed E-state index contributed by atoms with van der Waals surface area (Å²) >= 11 is 0. The maximum Gasteiger partial charge on any atom is 0.326 e. The van der Waals surface area contributed by atoms with Crippen molar-refractivity contribution in [2.75, 3.05) is 33.7 Å². The molecule has 25 heavy (non-hydrogen) atoms. The van der Waals surface area contributed by atoms with E-state index in [0.717, 1.165) is 0 Å². The van der Waals surface area contributed by atoms with Gasteiger partial charge in [0, 0.05) is 19.2 Å². The summed E-state index contributed by atoms with van der Waals surface area (Å²) in [6, 6.07) is 5.82. The van der Waals surface area contributed by atoms with Crippen LogP contribution in [0.5, 0.6) is 0 Å². The summed E-state index contributed by atoms with van der Waals surface area (Å²) in [5.41, 5.74) is 0.108. The number of hydrogen-bond donors (Lipinski definition) is 0. The molecule has 0 fully saturated rings. The first-order valence-electron chi connectivity index (χ1n) is 8.16. The zero-order chi connectivity index (χ0) is 19.0. The molecule has 1 amide bonds. The number of hydrogen-bond acceptors (Lipinski definition) is 4. The Morgan fingerprint density at radius 1 is 1.12 bits per heavy atom. The van der Waals surface area contributed by atoms with Crippen LogP contribution in [0.2, 0.25) is 0 Å². The average molecular weight is 350 g/mol. The van der Waals surface area contributed by atoms with E-state index in [1.54, 1.807) is 39.0 Å². The molecule has 0 heterocycles. The van der Waals surface area contributed by atoms with Crippen molar-refractivity contribution >= 4 is 18.0 Å². The molecule has 1 rings (SSSR count). The van der Waals surface area contributed by atoms with Crippen LogP contribution in [0.3, 0.4) is 0 Å². The fourth-order valence-corrected chi connectivity index (χ4v) is 1.96. The fraction of sp³-hybridized carbons (Fsp3) is 0.474. The second kappa shape index (κ2) is 9.32. The molecule has 0 aliphatic heterocycles. The predicted molar refractivity (Wildman–Crippen MR) is 96.4 cm³/mol. The van der Waals surface area contributed by atoms with Crippen molar-refractivity contribution in [1.82, 2.24) is 9.80 Å². The lowest BCUT2D eigenvalue weighted by Gasteiger charge is -2.25. The molecule has 0 unspecified atom stereocenters. The van der Waals surface area contributed by atoms with Crippen molar-refractivity contribution in [2.45, 2.75) is 26.4 Å². The third kappa shape index (κ3) is 9.00. The summed E-state index contributed by atoms with van der Waals surface area (Å²) in [7, 11) is 3.79. The Bertz CT molecular complexity index is 604. The van der Waals surface area contributed by atoms with Gasteiger partial charge in [0.2, 0.25) is 5.91 Å². The molecule has 6 heteroatoms. The maximum atomic E-state index is 12.9. The largest absolute Gasteiger partial charge is 0.459 e. The third-order valence-electron chi connectivity index (χ3n) is 3.16. The van der Waals surface area contributed by atoms with Crippen molar-refractivity contribution in [2.24, 2.45) is 0 Å². The van der Waals surface area contributed by atoms with Crippen molar-refractivity contribution in [3.63, 3.8) is 0 Å². The highest BCUT2D eigenvalue weighted by molar-refractivity contribution is 5.93. The van der Waals surface area contributed by atoms with Crippen LogP contribution in [0.1, 0.15) is 26.3 Å². The van der Waals surface area contributed by atoms with E-state index in [4.69, 9.17) is 4.74 Å². The first kappa shape index (κ1) is 20.8. The maximum absolute atomic E-state index is 12.9. The zero-order valence-corrected chi connectivity index (χ0v) is 15.6. The smallest absolute Gasteiger partial charge is 0.326 e. The van der Waals surface area contributed by atoms with Crippen LogP contribution in [0.15, 0.2) is 30.3 Å². The molecule has 0 spiro atoms. The monoisotopic (exact) mass is 350 g/mol. The van der Waals surface area contributed by atoms with E-state index in [1.807, 2.05) is 19.0 Å². The minimum Gasteiger partial charge on any atom is -0.459 e. The van der Waals surface area contributed by atoms with Gasteiger partial charge in [0.15, 0.2) is 0 Å².